The molecule has 1 aromatic carbocycles. The van der Waals surface area contributed by atoms with Crippen LogP contribution in [0.4, 0.5) is 0 Å². The molecule has 0 aromatic heterocycles. The minimum absolute atomic E-state index is 0.330. The van der Waals surface area contributed by atoms with Gasteiger partial charge in [0.1, 0.15) is 0 Å². The number of benzene rings is 1. The summed E-state index contributed by atoms with van der Waals surface area (Å²) in [5.74, 6) is 0.807. The van der Waals surface area contributed by atoms with Gasteiger partial charge in [0, 0.05) is 31.8 Å². The fourth-order valence-corrected chi connectivity index (χ4v) is 3.32. The van der Waals surface area contributed by atoms with Gasteiger partial charge in [0.05, 0.1) is 0 Å². The van der Waals surface area contributed by atoms with Gasteiger partial charge in [-0.05, 0) is 49.8 Å². The van der Waals surface area contributed by atoms with Gasteiger partial charge in [0.2, 0.25) is 0 Å². The van der Waals surface area contributed by atoms with Crippen molar-refractivity contribution in [3.8, 4) is 0 Å². The largest absolute Gasteiger partial charge is 0.381 e. The average Bonchev–Trinajstić information content (AvgIpc) is 3.34. The van der Waals surface area contributed by atoms with E-state index in [1.807, 2.05) is 0 Å². The molecule has 0 amide bonds. The second-order valence-electron chi connectivity index (χ2n) is 6.20. The fourth-order valence-electron chi connectivity index (χ4n) is 3.32. The maximum atomic E-state index is 6.08. The Labute approximate surface area is 122 Å². The molecule has 1 saturated heterocycles. The monoisotopic (exact) mass is 274 g/mol. The van der Waals surface area contributed by atoms with Crippen molar-refractivity contribution >= 4 is 0 Å². The molecule has 20 heavy (non-hydrogen) atoms. The Morgan fingerprint density at radius 1 is 1.25 bits per heavy atom. The van der Waals surface area contributed by atoms with Crippen molar-refractivity contribution < 1.29 is 4.74 Å². The summed E-state index contributed by atoms with van der Waals surface area (Å²) >= 11 is 0. The summed E-state index contributed by atoms with van der Waals surface area (Å²) in [6.45, 7) is 2.45. The molecule has 1 heterocycles. The molecule has 1 unspecified atom stereocenters. The van der Waals surface area contributed by atoms with Crippen molar-refractivity contribution in [2.75, 3.05) is 26.8 Å². The van der Waals surface area contributed by atoms with Gasteiger partial charge in [0.15, 0.2) is 0 Å². The predicted octanol–water partition coefficient (Wildman–Crippen LogP) is 2.67. The number of hydrogen-bond acceptors (Lipinski definition) is 3. The highest BCUT2D eigenvalue weighted by Gasteiger charge is 2.27. The molecule has 2 fully saturated rings. The number of hydrogen-bond donors (Lipinski definition) is 1. The number of ether oxygens (including phenoxy) is 1. The van der Waals surface area contributed by atoms with Crippen LogP contribution in [-0.2, 0) is 4.74 Å². The van der Waals surface area contributed by atoms with Gasteiger partial charge in [-0.15, -0.1) is 0 Å². The normalized spacial score (nSPS) is 22.1. The van der Waals surface area contributed by atoms with Gasteiger partial charge in [-0.2, -0.15) is 0 Å². The van der Waals surface area contributed by atoms with E-state index in [9.17, 15) is 0 Å². The molecule has 3 rings (SSSR count). The molecule has 1 saturated carbocycles. The highest BCUT2D eigenvalue weighted by Crippen LogP contribution is 2.41. The van der Waals surface area contributed by atoms with Gasteiger partial charge in [0.25, 0.3) is 0 Å². The number of likely N-dealkylation sites (N-methyl/N-ethyl adjacent to an activating group) is 1. The van der Waals surface area contributed by atoms with E-state index in [1.54, 1.807) is 0 Å². The zero-order valence-corrected chi connectivity index (χ0v) is 12.4. The lowest BCUT2D eigenvalue weighted by Crippen LogP contribution is -2.41. The van der Waals surface area contributed by atoms with Crippen LogP contribution in [0.2, 0.25) is 0 Å². The molecular weight excluding hydrogens is 248 g/mol. The highest BCUT2D eigenvalue weighted by molar-refractivity contribution is 5.31. The minimum Gasteiger partial charge on any atom is -0.381 e. The van der Waals surface area contributed by atoms with Crippen molar-refractivity contribution in [2.24, 2.45) is 5.73 Å². The number of rotatable bonds is 5. The van der Waals surface area contributed by atoms with E-state index in [0.29, 0.717) is 18.6 Å². The van der Waals surface area contributed by atoms with Crippen LogP contribution in [-0.4, -0.2) is 37.7 Å². The standard InChI is InChI=1S/C17H26N2O/c1-19(16-7-9-20-10-8-16)17(12-18)15-4-2-3-14(11-15)13-5-6-13/h2-4,11,13,16-17H,5-10,12,18H2,1H3. The molecule has 0 bridgehead atoms. The number of nitrogens with two attached hydrogens (primary N) is 1. The van der Waals surface area contributed by atoms with E-state index in [2.05, 4.69) is 36.2 Å². The minimum atomic E-state index is 0.330. The summed E-state index contributed by atoms with van der Waals surface area (Å²) in [5, 5.41) is 0. The maximum absolute atomic E-state index is 6.08. The molecule has 0 radical (unpaired) electrons. The Kier molecular flexibility index (Phi) is 4.39. The van der Waals surface area contributed by atoms with E-state index >= 15 is 0 Å². The molecule has 110 valence electrons. The first-order valence-corrected chi connectivity index (χ1v) is 7.89. The molecule has 0 spiro atoms. The predicted molar refractivity (Wildman–Crippen MR) is 81.8 cm³/mol. The Morgan fingerprint density at radius 2 is 2.00 bits per heavy atom. The molecule has 3 heteroatoms. The molecule has 1 aromatic rings. The van der Waals surface area contributed by atoms with Crippen LogP contribution in [0.5, 0.6) is 0 Å². The molecule has 2 N–H and O–H groups in total. The molecule has 1 aliphatic heterocycles. The van der Waals surface area contributed by atoms with Crippen molar-refractivity contribution in [1.29, 1.82) is 0 Å². The summed E-state index contributed by atoms with van der Waals surface area (Å²) in [5.41, 5.74) is 8.96. The fraction of sp³-hybridized carbons (Fsp3) is 0.647. The van der Waals surface area contributed by atoms with Gasteiger partial charge in [-0.3, -0.25) is 4.90 Å². The Hall–Kier alpha value is -0.900. The summed E-state index contributed by atoms with van der Waals surface area (Å²) in [6.07, 6.45) is 4.95. The van der Waals surface area contributed by atoms with Crippen LogP contribution in [0.25, 0.3) is 0 Å². The van der Waals surface area contributed by atoms with E-state index in [4.69, 9.17) is 10.5 Å². The van der Waals surface area contributed by atoms with E-state index in [0.717, 1.165) is 32.0 Å². The van der Waals surface area contributed by atoms with Crippen LogP contribution in [0, 0.1) is 0 Å². The SMILES string of the molecule is CN(C1CCOCC1)C(CN)c1cccc(C2CC2)c1. The lowest BCUT2D eigenvalue weighted by molar-refractivity contribution is 0.0294. The average molecular weight is 274 g/mol. The van der Waals surface area contributed by atoms with Crippen molar-refractivity contribution in [3.05, 3.63) is 35.4 Å². The molecular formula is C17H26N2O. The first kappa shape index (κ1) is 14.1. The van der Waals surface area contributed by atoms with Gasteiger partial charge in [-0.25, -0.2) is 0 Å². The lowest BCUT2D eigenvalue weighted by atomic mass is 9.98. The topological polar surface area (TPSA) is 38.5 Å². The van der Waals surface area contributed by atoms with Crippen LogP contribution in [0.1, 0.15) is 48.8 Å². The van der Waals surface area contributed by atoms with Gasteiger partial charge in [-0.1, -0.05) is 24.3 Å². The second-order valence-corrected chi connectivity index (χ2v) is 6.20. The summed E-state index contributed by atoms with van der Waals surface area (Å²) in [6, 6.07) is 10.0. The smallest absolute Gasteiger partial charge is 0.0480 e. The van der Waals surface area contributed by atoms with Crippen LogP contribution in [0.3, 0.4) is 0 Å². The Balaban J connectivity index is 1.75. The van der Waals surface area contributed by atoms with Crippen LogP contribution in [0.15, 0.2) is 24.3 Å². The van der Waals surface area contributed by atoms with Crippen molar-refractivity contribution in [3.63, 3.8) is 0 Å². The maximum Gasteiger partial charge on any atom is 0.0480 e. The van der Waals surface area contributed by atoms with E-state index < -0.39 is 0 Å². The highest BCUT2D eigenvalue weighted by atomic mass is 16.5. The third-order valence-electron chi connectivity index (χ3n) is 4.83. The second kappa shape index (κ2) is 6.25. The quantitative estimate of drug-likeness (QED) is 0.897. The Morgan fingerprint density at radius 3 is 2.65 bits per heavy atom. The lowest BCUT2D eigenvalue weighted by Gasteiger charge is -2.37. The summed E-state index contributed by atoms with van der Waals surface area (Å²) in [4.78, 5) is 2.47. The first-order valence-electron chi connectivity index (χ1n) is 7.89. The van der Waals surface area contributed by atoms with Crippen molar-refractivity contribution in [1.82, 2.24) is 4.90 Å². The van der Waals surface area contributed by atoms with E-state index in [1.165, 1.54) is 24.0 Å². The zero-order chi connectivity index (χ0) is 13.9. The third-order valence-corrected chi connectivity index (χ3v) is 4.83. The Bertz CT molecular complexity index is 438. The van der Waals surface area contributed by atoms with Crippen LogP contribution >= 0.6 is 0 Å². The molecule has 2 aliphatic rings. The summed E-state index contributed by atoms with van der Waals surface area (Å²) in [7, 11) is 2.22. The first-order chi connectivity index (χ1) is 9.79. The van der Waals surface area contributed by atoms with Crippen molar-refractivity contribution in [2.45, 2.75) is 43.7 Å². The summed E-state index contributed by atoms with van der Waals surface area (Å²) < 4.78 is 5.47. The third kappa shape index (κ3) is 3.05. The number of nitrogens with zero attached hydrogens (tertiary/aromatic N) is 1. The van der Waals surface area contributed by atoms with E-state index in [-0.39, 0.29) is 0 Å². The zero-order valence-electron chi connectivity index (χ0n) is 12.4. The molecule has 1 aliphatic carbocycles. The van der Waals surface area contributed by atoms with Gasteiger partial charge >= 0.3 is 0 Å². The van der Waals surface area contributed by atoms with Crippen LogP contribution < -0.4 is 5.73 Å². The molecule has 1 atom stereocenters. The van der Waals surface area contributed by atoms with Gasteiger partial charge < -0.3 is 10.5 Å². The molecule has 3 nitrogen and oxygen atoms in total.